The van der Waals surface area contributed by atoms with E-state index in [9.17, 15) is 18.0 Å². The van der Waals surface area contributed by atoms with Crippen LogP contribution < -0.4 is 4.74 Å². The Balaban J connectivity index is 2.23. The number of hydrogen-bond acceptors (Lipinski definition) is 3. The Morgan fingerprint density at radius 3 is 2.67 bits per heavy atom. The minimum Gasteiger partial charge on any atom is -0.478 e. The minimum absolute atomic E-state index is 0.0836. The summed E-state index contributed by atoms with van der Waals surface area (Å²) < 4.78 is 44.6. The highest BCUT2D eigenvalue weighted by Gasteiger charge is 2.48. The minimum atomic E-state index is -4.87. The first-order chi connectivity index (χ1) is 11.3. The summed E-state index contributed by atoms with van der Waals surface area (Å²) >= 11 is 6.01. The summed E-state index contributed by atoms with van der Waals surface area (Å²) in [5.41, 5.74) is 0.0820. The molecule has 0 amide bonds. The molecule has 1 unspecified atom stereocenters. The van der Waals surface area contributed by atoms with E-state index in [1.54, 1.807) is 12.1 Å². The number of carbonyl (C=O) groups is 1. The van der Waals surface area contributed by atoms with Crippen molar-refractivity contribution in [2.45, 2.75) is 12.3 Å². The highest BCUT2D eigenvalue weighted by atomic mass is 35.5. The van der Waals surface area contributed by atoms with Gasteiger partial charge in [-0.2, -0.15) is 13.2 Å². The van der Waals surface area contributed by atoms with E-state index < -0.39 is 23.8 Å². The number of pyridine rings is 1. The Labute approximate surface area is 139 Å². The topological polar surface area (TPSA) is 59.4 Å². The van der Waals surface area contributed by atoms with Gasteiger partial charge in [-0.1, -0.05) is 17.7 Å². The monoisotopic (exact) mass is 355 g/mol. The number of rotatable bonds is 2. The van der Waals surface area contributed by atoms with Gasteiger partial charge in [0.15, 0.2) is 0 Å². The number of fused-ring (bicyclic) bond motifs is 1. The number of halogens is 4. The van der Waals surface area contributed by atoms with Gasteiger partial charge in [0.2, 0.25) is 6.10 Å². The first kappa shape index (κ1) is 16.3. The standard InChI is InChI=1S/C16H9ClF3NO3/c17-10-4-9-5-12(15(22)23)14(16(18,19)20)24-13(9)11(6-10)8-2-1-3-21-7-8/h1-7,14H,(H,22,23). The number of benzene rings is 1. The average molecular weight is 356 g/mol. The van der Waals surface area contributed by atoms with Crippen molar-refractivity contribution < 1.29 is 27.8 Å². The molecule has 0 radical (unpaired) electrons. The number of aromatic nitrogens is 1. The average Bonchev–Trinajstić information content (AvgIpc) is 2.52. The summed E-state index contributed by atoms with van der Waals surface area (Å²) in [6.45, 7) is 0. The first-order valence-corrected chi connectivity index (χ1v) is 7.07. The molecule has 4 nitrogen and oxygen atoms in total. The van der Waals surface area contributed by atoms with Crippen LogP contribution in [0.15, 0.2) is 42.2 Å². The molecule has 1 aliphatic heterocycles. The third-order valence-electron chi connectivity index (χ3n) is 3.43. The van der Waals surface area contributed by atoms with Crippen LogP contribution in [-0.4, -0.2) is 28.3 Å². The van der Waals surface area contributed by atoms with E-state index >= 15 is 0 Å². The lowest BCUT2D eigenvalue weighted by molar-refractivity contribution is -0.187. The van der Waals surface area contributed by atoms with Crippen LogP contribution >= 0.6 is 11.6 Å². The lowest BCUT2D eigenvalue weighted by Gasteiger charge is -2.28. The third kappa shape index (κ3) is 2.94. The van der Waals surface area contributed by atoms with Crippen LogP contribution in [-0.2, 0) is 4.79 Å². The summed E-state index contributed by atoms with van der Waals surface area (Å²) in [4.78, 5) is 15.1. The van der Waals surface area contributed by atoms with E-state index in [0.717, 1.165) is 6.08 Å². The van der Waals surface area contributed by atoms with Gasteiger partial charge in [-0.05, 0) is 24.3 Å². The predicted octanol–water partition coefficient (Wildman–Crippen LogP) is 4.19. The van der Waals surface area contributed by atoms with Crippen LogP contribution in [0.2, 0.25) is 5.02 Å². The molecule has 1 aromatic carbocycles. The van der Waals surface area contributed by atoms with Gasteiger partial charge in [0.1, 0.15) is 5.75 Å². The van der Waals surface area contributed by atoms with Crippen molar-refractivity contribution >= 4 is 23.6 Å². The molecular weight excluding hydrogens is 347 g/mol. The first-order valence-electron chi connectivity index (χ1n) is 6.69. The van der Waals surface area contributed by atoms with Crippen molar-refractivity contribution in [1.29, 1.82) is 0 Å². The third-order valence-corrected chi connectivity index (χ3v) is 3.65. The highest BCUT2D eigenvalue weighted by Crippen LogP contribution is 2.43. The molecule has 1 atom stereocenters. The van der Waals surface area contributed by atoms with Gasteiger partial charge in [0.05, 0.1) is 5.57 Å². The molecule has 1 aromatic heterocycles. The van der Waals surface area contributed by atoms with Gasteiger partial charge in [0, 0.05) is 34.1 Å². The fourth-order valence-corrected chi connectivity index (χ4v) is 2.66. The van der Waals surface area contributed by atoms with Gasteiger partial charge in [-0.3, -0.25) is 4.98 Å². The van der Waals surface area contributed by atoms with Crippen molar-refractivity contribution in [3.05, 3.63) is 52.8 Å². The van der Waals surface area contributed by atoms with Crippen LogP contribution in [0, 0.1) is 0 Å². The zero-order chi connectivity index (χ0) is 17.5. The molecule has 24 heavy (non-hydrogen) atoms. The Bertz CT molecular complexity index is 834. The smallest absolute Gasteiger partial charge is 0.430 e. The van der Waals surface area contributed by atoms with E-state index in [1.165, 1.54) is 24.5 Å². The molecule has 0 saturated carbocycles. The lowest BCUT2D eigenvalue weighted by atomic mass is 9.96. The Morgan fingerprint density at radius 1 is 1.33 bits per heavy atom. The van der Waals surface area contributed by atoms with Crippen LogP contribution in [0.3, 0.4) is 0 Å². The zero-order valence-electron chi connectivity index (χ0n) is 11.8. The Morgan fingerprint density at radius 2 is 2.08 bits per heavy atom. The number of carboxylic acids is 1. The zero-order valence-corrected chi connectivity index (χ0v) is 12.6. The van der Waals surface area contributed by atoms with Gasteiger partial charge in [-0.15, -0.1) is 0 Å². The SMILES string of the molecule is O=C(O)C1=Cc2cc(Cl)cc(-c3cccnc3)c2OC1C(F)(F)F. The van der Waals surface area contributed by atoms with E-state index in [1.807, 2.05) is 0 Å². The normalized spacial score (nSPS) is 16.8. The largest absolute Gasteiger partial charge is 0.478 e. The molecule has 1 N–H and O–H groups in total. The van der Waals surface area contributed by atoms with Crippen LogP contribution in [0.5, 0.6) is 5.75 Å². The maximum Gasteiger partial charge on any atom is 0.430 e. The van der Waals surface area contributed by atoms with E-state index in [0.29, 0.717) is 11.1 Å². The maximum absolute atomic E-state index is 13.2. The van der Waals surface area contributed by atoms with Crippen molar-refractivity contribution in [3.8, 4) is 16.9 Å². The number of hydrogen-bond donors (Lipinski definition) is 1. The van der Waals surface area contributed by atoms with Crippen LogP contribution in [0.25, 0.3) is 17.2 Å². The number of alkyl halides is 3. The summed E-state index contributed by atoms with van der Waals surface area (Å²) in [5.74, 6) is -1.79. The quantitative estimate of drug-likeness (QED) is 0.877. The number of ether oxygens (including phenoxy) is 1. The van der Waals surface area contributed by atoms with Crippen molar-refractivity contribution in [1.82, 2.24) is 4.98 Å². The molecule has 3 rings (SSSR count). The molecule has 0 aliphatic carbocycles. The molecule has 0 bridgehead atoms. The Hall–Kier alpha value is -2.54. The fourth-order valence-electron chi connectivity index (χ4n) is 2.43. The highest BCUT2D eigenvalue weighted by molar-refractivity contribution is 6.31. The van der Waals surface area contributed by atoms with Crippen molar-refractivity contribution in [2.75, 3.05) is 0 Å². The fraction of sp³-hybridized carbons (Fsp3) is 0.125. The summed E-state index contributed by atoms with van der Waals surface area (Å²) in [6, 6.07) is 6.06. The molecule has 0 fully saturated rings. The van der Waals surface area contributed by atoms with E-state index in [-0.39, 0.29) is 16.3 Å². The van der Waals surface area contributed by atoms with Crippen molar-refractivity contribution in [2.24, 2.45) is 0 Å². The van der Waals surface area contributed by atoms with Crippen LogP contribution in [0.4, 0.5) is 13.2 Å². The van der Waals surface area contributed by atoms with Gasteiger partial charge in [-0.25, -0.2) is 4.79 Å². The van der Waals surface area contributed by atoms with Gasteiger partial charge in [0.25, 0.3) is 0 Å². The van der Waals surface area contributed by atoms with E-state index in [2.05, 4.69) is 4.98 Å². The second-order valence-electron chi connectivity index (χ2n) is 5.06. The molecule has 1 aliphatic rings. The summed E-state index contributed by atoms with van der Waals surface area (Å²) in [7, 11) is 0. The molecule has 0 saturated heterocycles. The number of carboxylic acid groups (broad SMARTS) is 1. The van der Waals surface area contributed by atoms with Gasteiger partial charge < -0.3 is 9.84 Å². The molecule has 2 aromatic rings. The number of aliphatic carboxylic acids is 1. The molecule has 2 heterocycles. The second kappa shape index (κ2) is 5.83. The summed E-state index contributed by atoms with van der Waals surface area (Å²) in [5, 5.41) is 9.30. The lowest BCUT2D eigenvalue weighted by Crippen LogP contribution is -2.40. The van der Waals surface area contributed by atoms with Crippen LogP contribution in [0.1, 0.15) is 5.56 Å². The van der Waals surface area contributed by atoms with Crippen molar-refractivity contribution in [3.63, 3.8) is 0 Å². The van der Waals surface area contributed by atoms with E-state index in [4.69, 9.17) is 21.4 Å². The second-order valence-corrected chi connectivity index (χ2v) is 5.49. The maximum atomic E-state index is 13.2. The molecule has 8 heteroatoms. The molecule has 124 valence electrons. The number of nitrogens with zero attached hydrogens (tertiary/aromatic N) is 1. The summed E-state index contributed by atoms with van der Waals surface area (Å²) in [6.07, 6.45) is -3.52. The molecular formula is C16H9ClF3NO3. The van der Waals surface area contributed by atoms with Gasteiger partial charge >= 0.3 is 12.1 Å². The predicted molar refractivity (Wildman–Crippen MR) is 80.8 cm³/mol. The Kier molecular flexibility index (Phi) is 3.96. The molecule has 0 spiro atoms.